The van der Waals surface area contributed by atoms with E-state index in [1.807, 2.05) is 24.2 Å². The van der Waals surface area contributed by atoms with Gasteiger partial charge in [0, 0.05) is 29.1 Å². The molecular formula is C18H24N2S. The van der Waals surface area contributed by atoms with E-state index in [1.165, 1.54) is 21.6 Å². The first-order valence-corrected chi connectivity index (χ1v) is 8.52. The SMILES string of the molecule is CCCNC(CSc1ccncc1)c1ccc(C)c(C)c1. The lowest BCUT2D eigenvalue weighted by Gasteiger charge is -2.20. The first-order valence-electron chi connectivity index (χ1n) is 7.54. The predicted octanol–water partition coefficient (Wildman–Crippen LogP) is 4.53. The molecular weight excluding hydrogens is 276 g/mol. The van der Waals surface area contributed by atoms with Gasteiger partial charge >= 0.3 is 0 Å². The number of rotatable bonds is 7. The number of hydrogen-bond donors (Lipinski definition) is 1. The van der Waals surface area contributed by atoms with Crippen LogP contribution in [0.2, 0.25) is 0 Å². The van der Waals surface area contributed by atoms with Crippen LogP contribution in [0.3, 0.4) is 0 Å². The van der Waals surface area contributed by atoms with Gasteiger partial charge in [0.2, 0.25) is 0 Å². The Bertz CT molecular complexity index is 554. The van der Waals surface area contributed by atoms with Gasteiger partial charge in [-0.25, -0.2) is 0 Å². The molecule has 0 saturated carbocycles. The quantitative estimate of drug-likeness (QED) is 0.760. The molecule has 1 aromatic carbocycles. The number of aryl methyl sites for hydroxylation is 2. The monoisotopic (exact) mass is 300 g/mol. The van der Waals surface area contributed by atoms with Crippen molar-refractivity contribution in [1.29, 1.82) is 0 Å². The van der Waals surface area contributed by atoms with E-state index in [1.54, 1.807) is 0 Å². The highest BCUT2D eigenvalue weighted by atomic mass is 32.2. The molecule has 0 spiro atoms. The van der Waals surface area contributed by atoms with Crippen LogP contribution in [-0.2, 0) is 0 Å². The van der Waals surface area contributed by atoms with E-state index < -0.39 is 0 Å². The van der Waals surface area contributed by atoms with Gasteiger partial charge in [-0.1, -0.05) is 25.1 Å². The molecule has 0 radical (unpaired) electrons. The Labute approximate surface area is 132 Å². The van der Waals surface area contributed by atoms with Crippen LogP contribution in [0.5, 0.6) is 0 Å². The standard InChI is InChI=1S/C18H24N2S/c1-4-9-20-18(13-21-17-7-10-19-11-8-17)16-6-5-14(2)15(3)12-16/h5-8,10-12,18,20H,4,9,13H2,1-3H3. The molecule has 112 valence electrons. The van der Waals surface area contributed by atoms with Crippen LogP contribution in [0, 0.1) is 13.8 Å². The highest BCUT2D eigenvalue weighted by molar-refractivity contribution is 7.99. The lowest BCUT2D eigenvalue weighted by atomic mass is 10.0. The Morgan fingerprint density at radius 1 is 1.10 bits per heavy atom. The Morgan fingerprint density at radius 2 is 1.86 bits per heavy atom. The minimum Gasteiger partial charge on any atom is -0.309 e. The van der Waals surface area contributed by atoms with E-state index >= 15 is 0 Å². The number of nitrogens with one attached hydrogen (secondary N) is 1. The van der Waals surface area contributed by atoms with Crippen LogP contribution < -0.4 is 5.32 Å². The Balaban J connectivity index is 2.08. The van der Waals surface area contributed by atoms with Gasteiger partial charge in [0.15, 0.2) is 0 Å². The van der Waals surface area contributed by atoms with E-state index in [0.717, 1.165) is 18.7 Å². The molecule has 0 aliphatic heterocycles. The van der Waals surface area contributed by atoms with E-state index in [9.17, 15) is 0 Å². The summed E-state index contributed by atoms with van der Waals surface area (Å²) in [7, 11) is 0. The molecule has 0 saturated heterocycles. The smallest absolute Gasteiger partial charge is 0.0415 e. The number of benzene rings is 1. The average molecular weight is 300 g/mol. The molecule has 2 nitrogen and oxygen atoms in total. The summed E-state index contributed by atoms with van der Waals surface area (Å²) >= 11 is 1.88. The molecule has 0 bridgehead atoms. The number of nitrogens with zero attached hydrogens (tertiary/aromatic N) is 1. The third-order valence-corrected chi connectivity index (χ3v) is 4.75. The van der Waals surface area contributed by atoms with Crippen molar-refractivity contribution in [2.45, 2.75) is 38.1 Å². The number of pyridine rings is 1. The molecule has 0 amide bonds. The third kappa shape index (κ3) is 4.87. The van der Waals surface area contributed by atoms with Crippen molar-refractivity contribution in [3.63, 3.8) is 0 Å². The molecule has 0 aliphatic rings. The second kappa shape index (κ2) is 8.20. The summed E-state index contributed by atoms with van der Waals surface area (Å²) in [5.41, 5.74) is 4.10. The van der Waals surface area contributed by atoms with Gasteiger partial charge in [-0.3, -0.25) is 4.98 Å². The molecule has 1 atom stereocenters. The van der Waals surface area contributed by atoms with E-state index in [4.69, 9.17) is 0 Å². The first kappa shape index (κ1) is 16.1. The lowest BCUT2D eigenvalue weighted by molar-refractivity contribution is 0.577. The van der Waals surface area contributed by atoms with Crippen molar-refractivity contribution in [3.8, 4) is 0 Å². The summed E-state index contributed by atoms with van der Waals surface area (Å²) in [5.74, 6) is 1.03. The van der Waals surface area contributed by atoms with E-state index in [-0.39, 0.29) is 0 Å². The maximum absolute atomic E-state index is 4.07. The summed E-state index contributed by atoms with van der Waals surface area (Å²) in [6.07, 6.45) is 4.86. The van der Waals surface area contributed by atoms with Gasteiger partial charge in [-0.15, -0.1) is 11.8 Å². The Kier molecular flexibility index (Phi) is 6.27. The van der Waals surface area contributed by atoms with Gasteiger partial charge in [-0.05, 0) is 55.6 Å². The van der Waals surface area contributed by atoms with E-state index in [2.05, 4.69) is 61.4 Å². The number of aromatic nitrogens is 1. The van der Waals surface area contributed by atoms with Crippen LogP contribution >= 0.6 is 11.8 Å². The molecule has 0 aliphatic carbocycles. The van der Waals surface area contributed by atoms with Crippen LogP contribution in [0.1, 0.15) is 36.1 Å². The molecule has 2 aromatic rings. The minimum absolute atomic E-state index is 0.391. The molecule has 21 heavy (non-hydrogen) atoms. The molecule has 1 aromatic heterocycles. The minimum atomic E-state index is 0.391. The van der Waals surface area contributed by atoms with Crippen molar-refractivity contribution in [2.24, 2.45) is 0 Å². The molecule has 0 fully saturated rings. The van der Waals surface area contributed by atoms with Crippen molar-refractivity contribution in [3.05, 3.63) is 59.4 Å². The van der Waals surface area contributed by atoms with Crippen molar-refractivity contribution in [2.75, 3.05) is 12.3 Å². The van der Waals surface area contributed by atoms with Gasteiger partial charge < -0.3 is 5.32 Å². The van der Waals surface area contributed by atoms with Crippen molar-refractivity contribution in [1.82, 2.24) is 10.3 Å². The molecule has 3 heteroatoms. The van der Waals surface area contributed by atoms with Crippen LogP contribution in [0.4, 0.5) is 0 Å². The highest BCUT2D eigenvalue weighted by Gasteiger charge is 2.12. The third-order valence-electron chi connectivity index (χ3n) is 3.64. The Morgan fingerprint density at radius 3 is 2.52 bits per heavy atom. The summed E-state index contributed by atoms with van der Waals surface area (Å²) in [4.78, 5) is 5.35. The van der Waals surface area contributed by atoms with Gasteiger partial charge in [0.1, 0.15) is 0 Å². The average Bonchev–Trinajstić information content (AvgIpc) is 2.51. The fraction of sp³-hybridized carbons (Fsp3) is 0.389. The fourth-order valence-electron chi connectivity index (χ4n) is 2.19. The first-order chi connectivity index (χ1) is 10.2. The number of hydrogen-bond acceptors (Lipinski definition) is 3. The van der Waals surface area contributed by atoms with Gasteiger partial charge in [0.05, 0.1) is 0 Å². The summed E-state index contributed by atoms with van der Waals surface area (Å²) in [5, 5.41) is 3.67. The maximum atomic E-state index is 4.07. The predicted molar refractivity (Wildman–Crippen MR) is 91.9 cm³/mol. The topological polar surface area (TPSA) is 24.9 Å². The van der Waals surface area contributed by atoms with Crippen LogP contribution in [-0.4, -0.2) is 17.3 Å². The zero-order valence-electron chi connectivity index (χ0n) is 13.1. The van der Waals surface area contributed by atoms with Crippen LogP contribution in [0.15, 0.2) is 47.6 Å². The largest absolute Gasteiger partial charge is 0.309 e. The van der Waals surface area contributed by atoms with Crippen LogP contribution in [0.25, 0.3) is 0 Å². The second-order valence-electron chi connectivity index (χ2n) is 5.34. The van der Waals surface area contributed by atoms with E-state index in [0.29, 0.717) is 6.04 Å². The lowest BCUT2D eigenvalue weighted by Crippen LogP contribution is -2.24. The summed E-state index contributed by atoms with van der Waals surface area (Å²) in [6.45, 7) is 7.61. The Hall–Kier alpha value is -1.32. The molecule has 2 rings (SSSR count). The van der Waals surface area contributed by atoms with Crippen molar-refractivity contribution < 1.29 is 0 Å². The van der Waals surface area contributed by atoms with Gasteiger partial charge in [0.25, 0.3) is 0 Å². The zero-order valence-corrected chi connectivity index (χ0v) is 13.9. The maximum Gasteiger partial charge on any atom is 0.0415 e. The highest BCUT2D eigenvalue weighted by Crippen LogP contribution is 2.25. The summed E-state index contributed by atoms with van der Waals surface area (Å²) < 4.78 is 0. The normalized spacial score (nSPS) is 12.3. The molecule has 1 heterocycles. The zero-order chi connectivity index (χ0) is 15.1. The second-order valence-corrected chi connectivity index (χ2v) is 6.44. The fourth-order valence-corrected chi connectivity index (χ4v) is 3.17. The summed E-state index contributed by atoms with van der Waals surface area (Å²) in [6, 6.07) is 11.3. The number of thioether (sulfide) groups is 1. The molecule has 1 N–H and O–H groups in total. The van der Waals surface area contributed by atoms with Gasteiger partial charge in [-0.2, -0.15) is 0 Å². The molecule has 1 unspecified atom stereocenters. The van der Waals surface area contributed by atoms with Crippen molar-refractivity contribution >= 4 is 11.8 Å².